The largest absolute Gasteiger partial charge is 0.261 e. The molecule has 0 fully saturated rings. The summed E-state index contributed by atoms with van der Waals surface area (Å²) in [4.78, 5) is 4.45. The highest BCUT2D eigenvalue weighted by atomic mass is 14.7. The van der Waals surface area contributed by atoms with Gasteiger partial charge in [-0.05, 0) is 44.1 Å². The fraction of sp³-hybridized carbons (Fsp3) is 0.471. The molecule has 0 aromatic carbocycles. The summed E-state index contributed by atoms with van der Waals surface area (Å²) in [5, 5.41) is 0. The van der Waals surface area contributed by atoms with E-state index in [9.17, 15) is 0 Å². The van der Waals surface area contributed by atoms with Gasteiger partial charge in [-0.2, -0.15) is 0 Å². The average Bonchev–Trinajstić information content (AvgIpc) is 2.38. The average molecular weight is 243 g/mol. The molecule has 1 heterocycles. The molecule has 0 saturated heterocycles. The summed E-state index contributed by atoms with van der Waals surface area (Å²) >= 11 is 0. The van der Waals surface area contributed by atoms with Gasteiger partial charge in [-0.3, -0.25) is 4.99 Å². The van der Waals surface area contributed by atoms with E-state index in [2.05, 4.69) is 51.1 Å². The van der Waals surface area contributed by atoms with Crippen molar-refractivity contribution in [2.75, 3.05) is 0 Å². The molecule has 0 spiro atoms. The van der Waals surface area contributed by atoms with E-state index < -0.39 is 0 Å². The maximum Gasteiger partial charge on any atom is 0.0473 e. The van der Waals surface area contributed by atoms with Crippen LogP contribution in [0.5, 0.6) is 0 Å². The Morgan fingerprint density at radius 3 is 2.44 bits per heavy atom. The molecule has 18 heavy (non-hydrogen) atoms. The molecule has 0 bridgehead atoms. The van der Waals surface area contributed by atoms with Crippen LogP contribution in [0.2, 0.25) is 0 Å². The second kappa shape index (κ2) is 7.15. The zero-order valence-corrected chi connectivity index (χ0v) is 12.0. The van der Waals surface area contributed by atoms with Crippen molar-refractivity contribution in [3.8, 4) is 0 Å². The molecule has 1 aliphatic heterocycles. The van der Waals surface area contributed by atoms with E-state index in [-0.39, 0.29) is 0 Å². The molecule has 1 nitrogen and oxygen atoms in total. The second-order valence-corrected chi connectivity index (χ2v) is 5.00. The van der Waals surface area contributed by atoms with Crippen LogP contribution >= 0.6 is 0 Å². The van der Waals surface area contributed by atoms with Crippen LogP contribution in [0.1, 0.15) is 46.5 Å². The Balaban J connectivity index is 2.62. The molecule has 0 atom stereocenters. The molecule has 1 heteroatoms. The fourth-order valence-electron chi connectivity index (χ4n) is 2.13. The molecule has 0 aliphatic carbocycles. The van der Waals surface area contributed by atoms with E-state index in [1.807, 2.05) is 6.20 Å². The fourth-order valence-corrected chi connectivity index (χ4v) is 2.13. The van der Waals surface area contributed by atoms with Crippen molar-refractivity contribution in [1.82, 2.24) is 0 Å². The van der Waals surface area contributed by atoms with Crippen molar-refractivity contribution < 1.29 is 0 Å². The number of rotatable bonds is 6. The van der Waals surface area contributed by atoms with Crippen LogP contribution in [-0.2, 0) is 0 Å². The lowest BCUT2D eigenvalue weighted by Gasteiger charge is -2.13. The van der Waals surface area contributed by atoms with Gasteiger partial charge in [0.25, 0.3) is 0 Å². The van der Waals surface area contributed by atoms with E-state index in [4.69, 9.17) is 0 Å². The lowest BCUT2D eigenvalue weighted by atomic mass is 9.93. The first-order chi connectivity index (χ1) is 8.58. The van der Waals surface area contributed by atoms with E-state index in [0.29, 0.717) is 5.92 Å². The number of allylic oxidation sites excluding steroid dienone is 5. The van der Waals surface area contributed by atoms with Gasteiger partial charge in [-0.25, -0.2) is 0 Å². The van der Waals surface area contributed by atoms with E-state index in [1.54, 1.807) is 0 Å². The summed E-state index contributed by atoms with van der Waals surface area (Å²) < 4.78 is 0. The normalized spacial score (nSPS) is 15.8. The Hall–Kier alpha value is -1.37. The summed E-state index contributed by atoms with van der Waals surface area (Å²) in [7, 11) is 0. The van der Waals surface area contributed by atoms with Gasteiger partial charge in [-0.1, -0.05) is 50.3 Å². The summed E-state index contributed by atoms with van der Waals surface area (Å²) in [6.45, 7) is 14.8. The first kappa shape index (κ1) is 14.7. The van der Waals surface area contributed by atoms with Crippen LogP contribution in [0.25, 0.3) is 0 Å². The first-order valence-corrected chi connectivity index (χ1v) is 6.86. The Morgan fingerprint density at radius 1 is 1.28 bits per heavy atom. The van der Waals surface area contributed by atoms with Gasteiger partial charge in [0, 0.05) is 11.9 Å². The van der Waals surface area contributed by atoms with Crippen LogP contribution in [0, 0.1) is 5.92 Å². The third kappa shape index (κ3) is 4.14. The summed E-state index contributed by atoms with van der Waals surface area (Å²) in [5.74, 6) is 0.587. The van der Waals surface area contributed by atoms with Crippen LogP contribution in [0.3, 0.4) is 0 Å². The lowest BCUT2D eigenvalue weighted by molar-refractivity contribution is 0.585. The maximum atomic E-state index is 4.45. The van der Waals surface area contributed by atoms with Crippen molar-refractivity contribution in [3.05, 3.63) is 48.2 Å². The number of hydrogen-bond acceptors (Lipinski definition) is 1. The highest BCUT2D eigenvalue weighted by Crippen LogP contribution is 2.20. The molecule has 0 aromatic heterocycles. The first-order valence-electron chi connectivity index (χ1n) is 6.86. The van der Waals surface area contributed by atoms with Gasteiger partial charge in [0.15, 0.2) is 0 Å². The summed E-state index contributed by atoms with van der Waals surface area (Å²) in [5.41, 5.74) is 4.67. The number of aliphatic imine (C=N–C) groups is 1. The third-order valence-corrected chi connectivity index (χ3v) is 3.58. The Labute approximate surface area is 112 Å². The van der Waals surface area contributed by atoms with E-state index in [0.717, 1.165) is 37.0 Å². The molecular formula is C17H25N. The molecule has 0 radical (unpaired) electrons. The highest BCUT2D eigenvalue weighted by Gasteiger charge is 2.08. The summed E-state index contributed by atoms with van der Waals surface area (Å²) in [6.07, 6.45) is 10.5. The van der Waals surface area contributed by atoms with Crippen LogP contribution < -0.4 is 0 Å². The molecule has 1 rings (SSSR count). The van der Waals surface area contributed by atoms with Crippen molar-refractivity contribution in [3.63, 3.8) is 0 Å². The summed E-state index contributed by atoms with van der Waals surface area (Å²) in [6, 6.07) is 0. The van der Waals surface area contributed by atoms with E-state index >= 15 is 0 Å². The van der Waals surface area contributed by atoms with Gasteiger partial charge >= 0.3 is 0 Å². The minimum atomic E-state index is 0.587. The highest BCUT2D eigenvalue weighted by molar-refractivity contribution is 6.02. The Kier molecular flexibility index (Phi) is 5.84. The zero-order chi connectivity index (χ0) is 13.5. The minimum Gasteiger partial charge on any atom is -0.261 e. The monoisotopic (exact) mass is 243 g/mol. The third-order valence-electron chi connectivity index (χ3n) is 3.58. The van der Waals surface area contributed by atoms with Gasteiger partial charge in [0.2, 0.25) is 0 Å². The predicted molar refractivity (Wildman–Crippen MR) is 81.9 cm³/mol. The molecule has 0 amide bonds. The quantitative estimate of drug-likeness (QED) is 0.566. The molecule has 0 aromatic rings. The van der Waals surface area contributed by atoms with Gasteiger partial charge in [0.1, 0.15) is 0 Å². The van der Waals surface area contributed by atoms with Crippen molar-refractivity contribution in [2.45, 2.75) is 46.5 Å². The van der Waals surface area contributed by atoms with Crippen molar-refractivity contribution in [2.24, 2.45) is 10.9 Å². The Morgan fingerprint density at radius 2 is 1.94 bits per heavy atom. The molecule has 0 unspecified atom stereocenters. The molecule has 0 saturated carbocycles. The van der Waals surface area contributed by atoms with Crippen LogP contribution in [0.4, 0.5) is 0 Å². The predicted octanol–water partition coefficient (Wildman–Crippen LogP) is 5.23. The van der Waals surface area contributed by atoms with Crippen LogP contribution in [0.15, 0.2) is 53.2 Å². The number of hydrogen-bond donors (Lipinski definition) is 0. The van der Waals surface area contributed by atoms with Crippen molar-refractivity contribution >= 4 is 5.71 Å². The number of nitrogens with zero attached hydrogens (tertiary/aromatic N) is 1. The molecular weight excluding hydrogens is 218 g/mol. The van der Waals surface area contributed by atoms with E-state index in [1.165, 1.54) is 11.1 Å². The zero-order valence-electron chi connectivity index (χ0n) is 12.0. The Bertz CT molecular complexity index is 403. The lowest BCUT2D eigenvalue weighted by Crippen LogP contribution is -2.04. The maximum absolute atomic E-state index is 4.45. The second-order valence-electron chi connectivity index (χ2n) is 5.00. The molecule has 1 aliphatic rings. The van der Waals surface area contributed by atoms with Crippen molar-refractivity contribution in [1.29, 1.82) is 0 Å². The smallest absolute Gasteiger partial charge is 0.0473 e. The molecule has 98 valence electrons. The van der Waals surface area contributed by atoms with Gasteiger partial charge in [0.05, 0.1) is 0 Å². The SMILES string of the molecule is C=C(C=CC(=C)C(CC)CC)C1=NC=C(C)CC1. The van der Waals surface area contributed by atoms with Crippen LogP contribution in [-0.4, -0.2) is 5.71 Å². The molecule has 0 N–H and O–H groups in total. The minimum absolute atomic E-state index is 0.587. The standard InChI is InChI=1S/C17H25N/c1-6-16(7-2)14(4)9-10-15(5)17-11-8-13(3)12-18-17/h9-10,12,16H,4-8,11H2,1-3H3. The topological polar surface area (TPSA) is 12.4 Å². The van der Waals surface area contributed by atoms with Gasteiger partial charge in [-0.15, -0.1) is 0 Å². The van der Waals surface area contributed by atoms with Gasteiger partial charge < -0.3 is 0 Å².